The first-order valence-electron chi connectivity index (χ1n) is 6.84. The molecule has 2 rings (SSSR count). The minimum absolute atomic E-state index is 0.201. The van der Waals surface area contributed by atoms with Crippen LogP contribution in [0.1, 0.15) is 49.3 Å². The van der Waals surface area contributed by atoms with Gasteiger partial charge in [-0.05, 0) is 37.3 Å². The molecule has 2 nitrogen and oxygen atoms in total. The topological polar surface area (TPSA) is 29.1 Å². The molecular weight excluding hydrogens is 222 g/mol. The van der Waals surface area contributed by atoms with Crippen LogP contribution in [0.5, 0.6) is 0 Å². The fraction of sp³-hybridized carbons (Fsp3) is 0.562. The van der Waals surface area contributed by atoms with Crippen LogP contribution in [0.2, 0.25) is 0 Å². The summed E-state index contributed by atoms with van der Waals surface area (Å²) < 4.78 is 0. The van der Waals surface area contributed by atoms with Crippen molar-refractivity contribution < 1.29 is 4.79 Å². The molecule has 0 saturated carbocycles. The second-order valence-corrected chi connectivity index (χ2v) is 5.97. The van der Waals surface area contributed by atoms with Gasteiger partial charge >= 0.3 is 0 Å². The van der Waals surface area contributed by atoms with Crippen molar-refractivity contribution in [2.24, 2.45) is 5.92 Å². The minimum atomic E-state index is 0.201. The van der Waals surface area contributed by atoms with Gasteiger partial charge < -0.3 is 5.32 Å². The second kappa shape index (κ2) is 5.13. The van der Waals surface area contributed by atoms with Gasteiger partial charge in [-0.15, -0.1) is 0 Å². The number of amides is 1. The molecule has 2 heteroatoms. The van der Waals surface area contributed by atoms with Crippen molar-refractivity contribution in [2.45, 2.75) is 52.5 Å². The predicted molar refractivity (Wildman–Crippen MR) is 74.7 cm³/mol. The summed E-state index contributed by atoms with van der Waals surface area (Å²) in [7, 11) is 0. The number of aryl methyl sites for hydroxylation is 2. The zero-order chi connectivity index (χ0) is 13.3. The van der Waals surface area contributed by atoms with E-state index in [0.29, 0.717) is 24.3 Å². The number of rotatable bonds is 3. The highest BCUT2D eigenvalue weighted by molar-refractivity contribution is 5.80. The highest BCUT2D eigenvalue weighted by Crippen LogP contribution is 2.34. The van der Waals surface area contributed by atoms with Crippen LogP contribution in [0, 0.1) is 19.8 Å². The van der Waals surface area contributed by atoms with Crippen LogP contribution >= 0.6 is 0 Å². The molecule has 1 aliphatic heterocycles. The summed E-state index contributed by atoms with van der Waals surface area (Å²) in [4.78, 5) is 11.7. The van der Waals surface area contributed by atoms with Gasteiger partial charge in [0, 0.05) is 18.4 Å². The Morgan fingerprint density at radius 1 is 1.33 bits per heavy atom. The van der Waals surface area contributed by atoms with E-state index < -0.39 is 0 Å². The van der Waals surface area contributed by atoms with Crippen molar-refractivity contribution >= 4 is 5.91 Å². The monoisotopic (exact) mass is 245 g/mol. The van der Waals surface area contributed by atoms with E-state index in [0.717, 1.165) is 6.42 Å². The molecule has 1 aromatic carbocycles. The molecule has 98 valence electrons. The third-order valence-electron chi connectivity index (χ3n) is 3.80. The lowest BCUT2D eigenvalue weighted by molar-refractivity contribution is -0.119. The van der Waals surface area contributed by atoms with Gasteiger partial charge in [0.25, 0.3) is 0 Å². The van der Waals surface area contributed by atoms with Crippen molar-refractivity contribution in [3.05, 3.63) is 34.9 Å². The third kappa shape index (κ3) is 2.74. The van der Waals surface area contributed by atoms with Crippen LogP contribution in [0.3, 0.4) is 0 Å². The SMILES string of the molecule is Cc1ccc(C)c(C2CC(=O)NC2CC(C)C)c1. The van der Waals surface area contributed by atoms with E-state index in [1.54, 1.807) is 0 Å². The molecule has 2 atom stereocenters. The maximum Gasteiger partial charge on any atom is 0.220 e. The Kier molecular flexibility index (Phi) is 3.74. The Morgan fingerprint density at radius 3 is 2.72 bits per heavy atom. The molecule has 1 amide bonds. The van der Waals surface area contributed by atoms with Crippen molar-refractivity contribution in [1.82, 2.24) is 5.32 Å². The van der Waals surface area contributed by atoms with Gasteiger partial charge in [0.2, 0.25) is 5.91 Å². The number of carbonyl (C=O) groups excluding carboxylic acids is 1. The van der Waals surface area contributed by atoms with Crippen molar-refractivity contribution in [3.8, 4) is 0 Å². The molecule has 0 aliphatic carbocycles. The summed E-state index contributed by atoms with van der Waals surface area (Å²) in [5, 5.41) is 3.14. The van der Waals surface area contributed by atoms with Gasteiger partial charge in [0.15, 0.2) is 0 Å². The summed E-state index contributed by atoms with van der Waals surface area (Å²) in [6.07, 6.45) is 1.70. The Bertz CT molecular complexity index is 450. The number of benzene rings is 1. The largest absolute Gasteiger partial charge is 0.353 e. The number of hydrogen-bond acceptors (Lipinski definition) is 1. The van der Waals surface area contributed by atoms with Crippen molar-refractivity contribution in [3.63, 3.8) is 0 Å². The zero-order valence-electron chi connectivity index (χ0n) is 11.8. The maximum absolute atomic E-state index is 11.7. The molecular formula is C16H23NO. The molecule has 18 heavy (non-hydrogen) atoms. The van der Waals surface area contributed by atoms with Crippen LogP contribution in [0.15, 0.2) is 18.2 Å². The van der Waals surface area contributed by atoms with E-state index >= 15 is 0 Å². The Morgan fingerprint density at radius 2 is 2.06 bits per heavy atom. The number of hydrogen-bond donors (Lipinski definition) is 1. The van der Waals surface area contributed by atoms with Gasteiger partial charge in [-0.3, -0.25) is 4.79 Å². The van der Waals surface area contributed by atoms with Crippen LogP contribution in [-0.2, 0) is 4.79 Å². The number of carbonyl (C=O) groups is 1. The normalized spacial score (nSPS) is 23.5. The van der Waals surface area contributed by atoms with Gasteiger partial charge in [-0.25, -0.2) is 0 Å². The van der Waals surface area contributed by atoms with Gasteiger partial charge in [-0.1, -0.05) is 37.6 Å². The van der Waals surface area contributed by atoms with E-state index in [1.807, 2.05) is 0 Å². The molecule has 1 saturated heterocycles. The molecule has 1 fully saturated rings. The molecule has 1 N–H and O–H groups in total. The smallest absolute Gasteiger partial charge is 0.220 e. The third-order valence-corrected chi connectivity index (χ3v) is 3.80. The Hall–Kier alpha value is -1.31. The lowest BCUT2D eigenvalue weighted by Gasteiger charge is -2.22. The first-order valence-corrected chi connectivity index (χ1v) is 6.84. The van der Waals surface area contributed by atoms with E-state index in [2.05, 4.69) is 51.2 Å². The molecule has 1 heterocycles. The minimum Gasteiger partial charge on any atom is -0.353 e. The van der Waals surface area contributed by atoms with Crippen LogP contribution in [0.4, 0.5) is 0 Å². The standard InChI is InChI=1S/C16H23NO/c1-10(2)7-15-14(9-16(18)17-15)13-8-11(3)5-6-12(13)4/h5-6,8,10,14-15H,7,9H2,1-4H3,(H,17,18). The Balaban J connectivity index is 2.29. The van der Waals surface area contributed by atoms with Crippen molar-refractivity contribution in [2.75, 3.05) is 0 Å². The summed E-state index contributed by atoms with van der Waals surface area (Å²) in [6, 6.07) is 6.85. The van der Waals surface area contributed by atoms with E-state index in [9.17, 15) is 4.79 Å². The lowest BCUT2D eigenvalue weighted by Crippen LogP contribution is -2.29. The molecule has 0 bridgehead atoms. The first kappa shape index (κ1) is 13.1. The molecule has 0 radical (unpaired) electrons. The highest BCUT2D eigenvalue weighted by Gasteiger charge is 2.34. The molecule has 1 aromatic rings. The van der Waals surface area contributed by atoms with Crippen LogP contribution < -0.4 is 5.32 Å². The summed E-state index contributed by atoms with van der Waals surface area (Å²) in [6.45, 7) is 8.68. The van der Waals surface area contributed by atoms with Crippen LogP contribution in [-0.4, -0.2) is 11.9 Å². The fourth-order valence-corrected chi connectivity index (χ4v) is 2.93. The lowest BCUT2D eigenvalue weighted by atomic mass is 9.84. The number of nitrogens with one attached hydrogen (secondary N) is 1. The molecule has 1 aliphatic rings. The fourth-order valence-electron chi connectivity index (χ4n) is 2.93. The summed E-state index contributed by atoms with van der Waals surface area (Å²) in [5.74, 6) is 1.16. The second-order valence-electron chi connectivity index (χ2n) is 5.97. The molecule has 2 unspecified atom stereocenters. The summed E-state index contributed by atoms with van der Waals surface area (Å²) in [5.41, 5.74) is 3.92. The average molecular weight is 245 g/mol. The summed E-state index contributed by atoms with van der Waals surface area (Å²) >= 11 is 0. The van der Waals surface area contributed by atoms with E-state index in [4.69, 9.17) is 0 Å². The van der Waals surface area contributed by atoms with E-state index in [1.165, 1.54) is 16.7 Å². The van der Waals surface area contributed by atoms with E-state index in [-0.39, 0.29) is 5.91 Å². The van der Waals surface area contributed by atoms with Crippen molar-refractivity contribution in [1.29, 1.82) is 0 Å². The zero-order valence-corrected chi connectivity index (χ0v) is 11.8. The van der Waals surface area contributed by atoms with Gasteiger partial charge in [0.05, 0.1) is 0 Å². The highest BCUT2D eigenvalue weighted by atomic mass is 16.2. The predicted octanol–water partition coefficient (Wildman–Crippen LogP) is 3.32. The molecule has 0 aromatic heterocycles. The van der Waals surface area contributed by atoms with Gasteiger partial charge in [0.1, 0.15) is 0 Å². The Labute approximate surface area is 110 Å². The average Bonchev–Trinajstić information content (AvgIpc) is 2.62. The maximum atomic E-state index is 11.7. The first-order chi connectivity index (χ1) is 8.47. The quantitative estimate of drug-likeness (QED) is 0.869. The van der Waals surface area contributed by atoms with Gasteiger partial charge in [-0.2, -0.15) is 0 Å². The van der Waals surface area contributed by atoms with Crippen LogP contribution in [0.25, 0.3) is 0 Å². The molecule has 0 spiro atoms.